The first-order chi connectivity index (χ1) is 8.19. The van der Waals surface area contributed by atoms with Gasteiger partial charge in [-0.1, -0.05) is 0 Å². The summed E-state index contributed by atoms with van der Waals surface area (Å²) in [5.74, 6) is -0.703. The third-order valence-corrected chi connectivity index (χ3v) is 2.07. The van der Waals surface area contributed by atoms with Crippen LogP contribution in [0.2, 0.25) is 0 Å². The Morgan fingerprint density at radius 2 is 1.76 bits per heavy atom. The van der Waals surface area contributed by atoms with Crippen molar-refractivity contribution in [2.24, 2.45) is 10.9 Å². The number of carbonyl (C=O) groups is 1. The number of carbonyl (C=O) groups excluding carboxylic acids is 1. The van der Waals surface area contributed by atoms with Crippen LogP contribution < -0.4 is 0 Å². The van der Waals surface area contributed by atoms with Gasteiger partial charge in [-0.05, 0) is 20.8 Å². The zero-order valence-corrected chi connectivity index (χ0v) is 11.1. The van der Waals surface area contributed by atoms with E-state index in [1.165, 1.54) is 0 Å². The van der Waals surface area contributed by atoms with Gasteiger partial charge in [0.05, 0.1) is 12.5 Å². The van der Waals surface area contributed by atoms with Gasteiger partial charge in [0.1, 0.15) is 0 Å². The van der Waals surface area contributed by atoms with E-state index in [-0.39, 0.29) is 5.97 Å². The molecule has 5 nitrogen and oxygen atoms in total. The van der Waals surface area contributed by atoms with Gasteiger partial charge >= 0.3 is 5.97 Å². The summed E-state index contributed by atoms with van der Waals surface area (Å²) < 4.78 is 15.8. The van der Waals surface area contributed by atoms with Gasteiger partial charge in [0.15, 0.2) is 6.29 Å². The highest BCUT2D eigenvalue weighted by atomic mass is 16.7. The lowest BCUT2D eigenvalue weighted by atomic mass is 10.1. The summed E-state index contributed by atoms with van der Waals surface area (Å²) in [6.45, 7) is 7.01. The molecule has 0 bridgehead atoms. The third-order valence-electron chi connectivity index (χ3n) is 2.07. The van der Waals surface area contributed by atoms with Crippen LogP contribution in [0.3, 0.4) is 0 Å². The Balaban J connectivity index is 4.42. The number of hydrogen-bond acceptors (Lipinski definition) is 5. The van der Waals surface area contributed by atoms with Crippen LogP contribution in [0.25, 0.3) is 0 Å². The highest BCUT2D eigenvalue weighted by Gasteiger charge is 2.23. The molecule has 0 amide bonds. The minimum absolute atomic E-state index is 0.289. The number of esters is 1. The molecule has 0 aliphatic heterocycles. The van der Waals surface area contributed by atoms with Crippen LogP contribution in [-0.4, -0.2) is 45.3 Å². The fraction of sp³-hybridized carbons (Fsp3) is 0.833. The maximum absolute atomic E-state index is 11.7. The lowest BCUT2D eigenvalue weighted by Gasteiger charge is -2.20. The van der Waals surface area contributed by atoms with Crippen molar-refractivity contribution in [3.8, 4) is 0 Å². The first kappa shape index (κ1) is 16.1. The SMILES string of the molecule is CCOC(=O)C(/C=N\C)CC(OCC)OCC. The van der Waals surface area contributed by atoms with E-state index in [0.717, 1.165) is 0 Å². The number of nitrogens with zero attached hydrogens (tertiary/aromatic N) is 1. The highest BCUT2D eigenvalue weighted by molar-refractivity contribution is 5.89. The van der Waals surface area contributed by atoms with Crippen LogP contribution in [0.1, 0.15) is 27.2 Å². The van der Waals surface area contributed by atoms with Crippen molar-refractivity contribution < 1.29 is 19.0 Å². The first-order valence-electron chi connectivity index (χ1n) is 6.01. The molecule has 0 rings (SSSR count). The number of ether oxygens (including phenoxy) is 3. The van der Waals surface area contributed by atoms with Crippen molar-refractivity contribution in [1.82, 2.24) is 0 Å². The van der Waals surface area contributed by atoms with Crippen molar-refractivity contribution in [3.63, 3.8) is 0 Å². The molecule has 0 aliphatic carbocycles. The van der Waals surface area contributed by atoms with E-state index in [4.69, 9.17) is 14.2 Å². The molecular weight excluding hydrogens is 222 g/mol. The summed E-state index contributed by atoms with van der Waals surface area (Å²) in [7, 11) is 1.63. The lowest BCUT2D eigenvalue weighted by Crippen LogP contribution is -2.28. The molecule has 0 spiro atoms. The van der Waals surface area contributed by atoms with Gasteiger partial charge in [0.2, 0.25) is 0 Å². The first-order valence-corrected chi connectivity index (χ1v) is 6.01. The molecule has 0 aromatic carbocycles. The van der Waals surface area contributed by atoms with E-state index in [9.17, 15) is 4.79 Å². The van der Waals surface area contributed by atoms with Gasteiger partial charge in [0, 0.05) is 32.9 Å². The van der Waals surface area contributed by atoms with E-state index in [1.807, 2.05) is 13.8 Å². The molecule has 1 atom stereocenters. The molecule has 0 saturated heterocycles. The molecule has 0 aromatic rings. The zero-order chi connectivity index (χ0) is 13.1. The summed E-state index contributed by atoms with van der Waals surface area (Å²) in [4.78, 5) is 15.5. The minimum Gasteiger partial charge on any atom is -0.465 e. The van der Waals surface area contributed by atoms with Crippen LogP contribution >= 0.6 is 0 Å². The Morgan fingerprint density at radius 1 is 1.18 bits per heavy atom. The van der Waals surface area contributed by atoms with Crippen LogP contribution in [0.5, 0.6) is 0 Å². The molecule has 1 unspecified atom stereocenters. The van der Waals surface area contributed by atoms with Crippen molar-refractivity contribution in [2.45, 2.75) is 33.5 Å². The summed E-state index contributed by atoms with van der Waals surface area (Å²) in [5.41, 5.74) is 0. The average molecular weight is 245 g/mol. The van der Waals surface area contributed by atoms with Gasteiger partial charge in [-0.25, -0.2) is 0 Å². The molecule has 0 radical (unpaired) electrons. The van der Waals surface area contributed by atoms with Crippen LogP contribution in [-0.2, 0) is 19.0 Å². The molecule has 0 aliphatic rings. The smallest absolute Gasteiger partial charge is 0.314 e. The van der Waals surface area contributed by atoms with Gasteiger partial charge in [0.25, 0.3) is 0 Å². The summed E-state index contributed by atoms with van der Waals surface area (Å²) in [6.07, 6.45) is 1.61. The summed E-state index contributed by atoms with van der Waals surface area (Å²) in [5, 5.41) is 0. The Labute approximate surface area is 103 Å². The number of hydrogen-bond donors (Lipinski definition) is 0. The van der Waals surface area contributed by atoms with Gasteiger partial charge in [-0.15, -0.1) is 0 Å². The van der Waals surface area contributed by atoms with Crippen LogP contribution in [0.4, 0.5) is 0 Å². The normalized spacial score (nSPS) is 13.2. The van der Waals surface area contributed by atoms with Gasteiger partial charge < -0.3 is 14.2 Å². The van der Waals surface area contributed by atoms with E-state index in [1.54, 1.807) is 20.2 Å². The molecule has 17 heavy (non-hydrogen) atoms. The molecule has 0 saturated carbocycles. The van der Waals surface area contributed by atoms with Crippen molar-refractivity contribution in [2.75, 3.05) is 26.9 Å². The molecular formula is C12H23NO4. The Kier molecular flexibility index (Phi) is 9.66. The second-order valence-corrected chi connectivity index (χ2v) is 3.34. The lowest BCUT2D eigenvalue weighted by molar-refractivity contribution is -0.160. The second-order valence-electron chi connectivity index (χ2n) is 3.34. The quantitative estimate of drug-likeness (QED) is 0.352. The predicted molar refractivity (Wildman–Crippen MR) is 66.2 cm³/mol. The molecule has 0 fully saturated rings. The van der Waals surface area contributed by atoms with Crippen LogP contribution in [0, 0.1) is 5.92 Å². The van der Waals surface area contributed by atoms with Crippen molar-refractivity contribution in [1.29, 1.82) is 0 Å². The molecule has 0 N–H and O–H groups in total. The maximum atomic E-state index is 11.7. The van der Waals surface area contributed by atoms with Crippen molar-refractivity contribution in [3.05, 3.63) is 0 Å². The topological polar surface area (TPSA) is 57.1 Å². The van der Waals surface area contributed by atoms with E-state index in [2.05, 4.69) is 4.99 Å². The largest absolute Gasteiger partial charge is 0.465 e. The fourth-order valence-corrected chi connectivity index (χ4v) is 1.41. The van der Waals surface area contributed by atoms with Gasteiger partial charge in [-0.2, -0.15) is 0 Å². The minimum atomic E-state index is -0.414. The molecule has 5 heteroatoms. The molecule has 0 aromatic heterocycles. The predicted octanol–water partition coefficient (Wildman–Crippen LogP) is 1.66. The van der Waals surface area contributed by atoms with E-state index >= 15 is 0 Å². The third kappa shape index (κ3) is 7.07. The Morgan fingerprint density at radius 3 is 2.18 bits per heavy atom. The van der Waals surface area contributed by atoms with E-state index < -0.39 is 12.2 Å². The Hall–Kier alpha value is -0.940. The Bertz CT molecular complexity index is 225. The standard InChI is InChI=1S/C12H23NO4/c1-5-15-11(16-6-2)8-10(9-13-4)12(14)17-7-3/h9-11H,5-8H2,1-4H3/b13-9-. The molecule has 0 heterocycles. The number of rotatable bonds is 9. The van der Waals surface area contributed by atoms with Crippen molar-refractivity contribution >= 4 is 12.2 Å². The highest BCUT2D eigenvalue weighted by Crippen LogP contribution is 2.11. The number of aliphatic imine (C=N–C) groups is 1. The second kappa shape index (κ2) is 10.2. The summed E-state index contributed by atoms with van der Waals surface area (Å²) >= 11 is 0. The monoisotopic (exact) mass is 245 g/mol. The average Bonchev–Trinajstić information content (AvgIpc) is 2.29. The fourth-order valence-electron chi connectivity index (χ4n) is 1.41. The maximum Gasteiger partial charge on any atom is 0.314 e. The van der Waals surface area contributed by atoms with E-state index in [0.29, 0.717) is 26.2 Å². The molecule has 100 valence electrons. The summed E-state index contributed by atoms with van der Waals surface area (Å²) in [6, 6.07) is 0. The zero-order valence-electron chi connectivity index (χ0n) is 11.1. The van der Waals surface area contributed by atoms with Gasteiger partial charge in [-0.3, -0.25) is 9.79 Å². The van der Waals surface area contributed by atoms with Crippen LogP contribution in [0.15, 0.2) is 4.99 Å².